The molecule has 0 N–H and O–H groups in total. The summed E-state index contributed by atoms with van der Waals surface area (Å²) in [5.41, 5.74) is 5.70. The van der Waals surface area contributed by atoms with Gasteiger partial charge in [-0.1, -0.05) is 84.4 Å². The maximum absolute atomic E-state index is 12.6. The maximum Gasteiger partial charge on any atom is 0.164 e. The number of halogens is 1. The van der Waals surface area contributed by atoms with E-state index in [-0.39, 0.29) is 5.78 Å². The van der Waals surface area contributed by atoms with Crippen molar-refractivity contribution in [2.24, 2.45) is 0 Å². The molecule has 3 heteroatoms. The molecular weight excluding hydrogens is 378 g/mol. The first-order valence-corrected chi connectivity index (χ1v) is 10.4. The van der Waals surface area contributed by atoms with Crippen molar-refractivity contribution in [3.05, 3.63) is 101 Å². The molecular formula is C26H24ClNO. The van der Waals surface area contributed by atoms with Crippen LogP contribution in [-0.4, -0.2) is 30.3 Å². The van der Waals surface area contributed by atoms with Crippen LogP contribution in [-0.2, 0) is 0 Å². The predicted molar refractivity (Wildman–Crippen MR) is 121 cm³/mol. The van der Waals surface area contributed by atoms with Gasteiger partial charge in [0.05, 0.1) is 0 Å². The fourth-order valence-corrected chi connectivity index (χ4v) is 3.85. The van der Waals surface area contributed by atoms with Crippen LogP contribution in [0.3, 0.4) is 0 Å². The van der Waals surface area contributed by atoms with Crippen LogP contribution < -0.4 is 0 Å². The zero-order valence-corrected chi connectivity index (χ0v) is 17.1. The van der Waals surface area contributed by atoms with Crippen molar-refractivity contribution in [1.29, 1.82) is 0 Å². The van der Waals surface area contributed by atoms with Crippen molar-refractivity contribution in [3.8, 4) is 11.1 Å². The van der Waals surface area contributed by atoms with E-state index in [0.29, 0.717) is 6.42 Å². The molecule has 2 nitrogen and oxygen atoms in total. The van der Waals surface area contributed by atoms with Crippen LogP contribution in [0.25, 0.3) is 16.7 Å². The largest absolute Gasteiger partial charge is 0.299 e. The Balaban J connectivity index is 1.30. The van der Waals surface area contributed by atoms with Crippen LogP contribution in [0.2, 0.25) is 5.02 Å². The Morgan fingerprint density at radius 2 is 1.48 bits per heavy atom. The second-order valence-electron chi connectivity index (χ2n) is 7.40. The third-order valence-corrected chi connectivity index (χ3v) is 5.73. The minimum absolute atomic E-state index is 0.206. The predicted octanol–water partition coefficient (Wildman–Crippen LogP) is 6.37. The van der Waals surface area contributed by atoms with Crippen molar-refractivity contribution < 1.29 is 4.79 Å². The average molecular weight is 402 g/mol. The van der Waals surface area contributed by atoms with E-state index in [1.54, 1.807) is 0 Å². The fourth-order valence-electron chi connectivity index (χ4n) is 3.72. The van der Waals surface area contributed by atoms with Gasteiger partial charge in [0.2, 0.25) is 0 Å². The zero-order valence-electron chi connectivity index (χ0n) is 16.4. The first-order chi connectivity index (χ1) is 14.2. The van der Waals surface area contributed by atoms with Crippen LogP contribution in [0.5, 0.6) is 0 Å². The van der Waals surface area contributed by atoms with Crippen LogP contribution in [0.15, 0.2) is 84.9 Å². The molecule has 1 heterocycles. The summed E-state index contributed by atoms with van der Waals surface area (Å²) in [4.78, 5) is 14.9. The van der Waals surface area contributed by atoms with Gasteiger partial charge in [-0.15, -0.1) is 0 Å². The highest BCUT2D eigenvalue weighted by Crippen LogP contribution is 2.24. The van der Waals surface area contributed by atoms with Gasteiger partial charge >= 0.3 is 0 Å². The average Bonchev–Trinajstić information content (AvgIpc) is 2.79. The summed E-state index contributed by atoms with van der Waals surface area (Å²) < 4.78 is 0. The Hall–Kier alpha value is -2.68. The molecule has 29 heavy (non-hydrogen) atoms. The zero-order chi connectivity index (χ0) is 20.1. The van der Waals surface area contributed by atoms with E-state index in [9.17, 15) is 4.79 Å². The number of nitrogens with zero attached hydrogens (tertiary/aromatic N) is 1. The summed E-state index contributed by atoms with van der Waals surface area (Å²) in [6.45, 7) is 2.66. The molecule has 0 saturated heterocycles. The molecule has 3 aromatic rings. The highest BCUT2D eigenvalue weighted by atomic mass is 35.5. The molecule has 0 fully saturated rings. The molecule has 0 radical (unpaired) electrons. The minimum atomic E-state index is 0.206. The molecule has 3 aromatic carbocycles. The van der Waals surface area contributed by atoms with Crippen molar-refractivity contribution in [3.63, 3.8) is 0 Å². The number of carbonyl (C=O) groups is 1. The van der Waals surface area contributed by atoms with Gasteiger partial charge in [0.15, 0.2) is 5.78 Å². The van der Waals surface area contributed by atoms with Gasteiger partial charge in [-0.05, 0) is 40.8 Å². The number of ketones is 1. The third-order valence-electron chi connectivity index (χ3n) is 5.48. The molecule has 0 spiro atoms. The molecule has 146 valence electrons. The monoisotopic (exact) mass is 401 g/mol. The SMILES string of the molecule is O=C(CCN1CC=C(c2ccc(Cl)cc2)CC1)c1ccc(-c2ccccc2)cc1. The van der Waals surface area contributed by atoms with E-state index in [0.717, 1.165) is 42.2 Å². The molecule has 0 unspecified atom stereocenters. The second-order valence-corrected chi connectivity index (χ2v) is 7.84. The number of rotatable bonds is 6. The summed E-state index contributed by atoms with van der Waals surface area (Å²) in [6.07, 6.45) is 3.82. The minimum Gasteiger partial charge on any atom is -0.299 e. The van der Waals surface area contributed by atoms with Crippen molar-refractivity contribution in [2.45, 2.75) is 12.8 Å². The highest BCUT2D eigenvalue weighted by molar-refractivity contribution is 6.30. The Morgan fingerprint density at radius 3 is 2.14 bits per heavy atom. The lowest BCUT2D eigenvalue weighted by atomic mass is 9.99. The number of carbonyl (C=O) groups excluding carboxylic acids is 1. The highest BCUT2D eigenvalue weighted by Gasteiger charge is 2.15. The molecule has 0 aliphatic carbocycles. The molecule has 0 amide bonds. The van der Waals surface area contributed by atoms with E-state index in [1.165, 1.54) is 16.7 Å². The lowest BCUT2D eigenvalue weighted by Gasteiger charge is -2.26. The van der Waals surface area contributed by atoms with E-state index >= 15 is 0 Å². The number of Topliss-reactive ketones (excluding diaryl/α,β-unsaturated/α-hetero) is 1. The summed E-state index contributed by atoms with van der Waals surface area (Å²) >= 11 is 5.98. The quantitative estimate of drug-likeness (QED) is 0.447. The van der Waals surface area contributed by atoms with Crippen molar-refractivity contribution >= 4 is 23.0 Å². The Morgan fingerprint density at radius 1 is 0.828 bits per heavy atom. The first-order valence-electron chi connectivity index (χ1n) is 10.0. The number of hydrogen-bond acceptors (Lipinski definition) is 2. The molecule has 0 bridgehead atoms. The third kappa shape index (κ3) is 5.03. The topological polar surface area (TPSA) is 20.3 Å². The van der Waals surface area contributed by atoms with Crippen LogP contribution in [0, 0.1) is 0 Å². The van der Waals surface area contributed by atoms with Gasteiger partial charge in [-0.25, -0.2) is 0 Å². The fraction of sp³-hybridized carbons (Fsp3) is 0.192. The smallest absolute Gasteiger partial charge is 0.164 e. The summed E-state index contributed by atoms with van der Waals surface area (Å²) in [6, 6.07) is 26.2. The van der Waals surface area contributed by atoms with Crippen molar-refractivity contribution in [1.82, 2.24) is 4.90 Å². The second kappa shape index (κ2) is 9.21. The lowest BCUT2D eigenvalue weighted by molar-refractivity contribution is 0.0966. The summed E-state index contributed by atoms with van der Waals surface area (Å²) in [5, 5.41) is 0.766. The number of hydrogen-bond donors (Lipinski definition) is 0. The van der Waals surface area contributed by atoms with Gasteiger partial charge in [-0.3, -0.25) is 9.69 Å². The molecule has 0 saturated carbocycles. The Labute approximate surface area is 177 Å². The molecule has 4 rings (SSSR count). The first kappa shape index (κ1) is 19.6. The normalized spacial score (nSPS) is 14.4. The summed E-state index contributed by atoms with van der Waals surface area (Å²) in [5.74, 6) is 0.206. The van der Waals surface area contributed by atoms with Gasteiger partial charge < -0.3 is 0 Å². The molecule has 0 atom stereocenters. The Bertz CT molecular complexity index is 991. The maximum atomic E-state index is 12.6. The van der Waals surface area contributed by atoms with Crippen LogP contribution in [0.4, 0.5) is 0 Å². The van der Waals surface area contributed by atoms with Gasteiger partial charge in [0.1, 0.15) is 0 Å². The molecule has 0 aromatic heterocycles. The lowest BCUT2D eigenvalue weighted by Crippen LogP contribution is -2.30. The van der Waals surface area contributed by atoms with E-state index in [4.69, 9.17) is 11.6 Å². The molecule has 1 aliphatic heterocycles. The van der Waals surface area contributed by atoms with Gasteiger partial charge in [0.25, 0.3) is 0 Å². The van der Waals surface area contributed by atoms with Crippen LogP contribution in [0.1, 0.15) is 28.8 Å². The van der Waals surface area contributed by atoms with E-state index < -0.39 is 0 Å². The number of benzene rings is 3. The van der Waals surface area contributed by atoms with Gasteiger partial charge in [-0.2, -0.15) is 0 Å². The van der Waals surface area contributed by atoms with Crippen LogP contribution >= 0.6 is 11.6 Å². The van der Waals surface area contributed by atoms with E-state index in [2.05, 4.69) is 35.2 Å². The standard InChI is InChI=1S/C26H24ClNO/c27-25-12-10-22(11-13-25)23-14-17-28(18-15-23)19-16-26(29)24-8-6-21(7-9-24)20-4-2-1-3-5-20/h1-14H,15-19H2. The molecule has 1 aliphatic rings. The van der Waals surface area contributed by atoms with Gasteiger partial charge in [0, 0.05) is 36.6 Å². The summed E-state index contributed by atoms with van der Waals surface area (Å²) in [7, 11) is 0. The van der Waals surface area contributed by atoms with E-state index in [1.807, 2.05) is 54.6 Å². The Kier molecular flexibility index (Phi) is 6.24. The van der Waals surface area contributed by atoms with Crippen molar-refractivity contribution in [2.75, 3.05) is 19.6 Å².